The first-order valence-electron chi connectivity index (χ1n) is 5.89. The van der Waals surface area contributed by atoms with Gasteiger partial charge in [0, 0.05) is 26.1 Å². The number of nitrogens with one attached hydrogen (secondary N) is 2. The standard InChI is InChI=1S/C11H21N3O2/c1-3-12-7-11(16)14-6-4-5-10(8-14)13-9(2)15/h10,12H,3-8H2,1-2H3,(H,13,15). The maximum Gasteiger partial charge on any atom is 0.236 e. The quantitative estimate of drug-likeness (QED) is 0.694. The molecule has 92 valence electrons. The molecule has 1 saturated heterocycles. The minimum Gasteiger partial charge on any atom is -0.352 e. The van der Waals surface area contributed by atoms with Gasteiger partial charge in [-0.05, 0) is 19.4 Å². The molecule has 1 unspecified atom stereocenters. The van der Waals surface area contributed by atoms with E-state index in [9.17, 15) is 9.59 Å². The second kappa shape index (κ2) is 6.48. The topological polar surface area (TPSA) is 61.4 Å². The SMILES string of the molecule is CCNCC(=O)N1CCCC(NC(C)=O)C1. The molecule has 5 heteroatoms. The molecule has 0 aromatic carbocycles. The van der Waals surface area contributed by atoms with Gasteiger partial charge >= 0.3 is 0 Å². The minimum absolute atomic E-state index is 0.0222. The maximum atomic E-state index is 11.7. The average Bonchev–Trinajstić information content (AvgIpc) is 2.25. The third-order valence-electron chi connectivity index (χ3n) is 2.71. The lowest BCUT2D eigenvalue weighted by Gasteiger charge is -2.33. The fourth-order valence-electron chi connectivity index (χ4n) is 1.95. The van der Waals surface area contributed by atoms with Crippen LogP contribution in [0.1, 0.15) is 26.7 Å². The Labute approximate surface area is 96.6 Å². The number of rotatable bonds is 4. The predicted octanol–water partition coefficient (Wildman–Crippen LogP) is -0.277. The number of piperidine rings is 1. The molecular weight excluding hydrogens is 206 g/mol. The van der Waals surface area contributed by atoms with Crippen LogP contribution in [-0.4, -0.2) is 48.9 Å². The van der Waals surface area contributed by atoms with Crippen LogP contribution < -0.4 is 10.6 Å². The largest absolute Gasteiger partial charge is 0.352 e. The zero-order chi connectivity index (χ0) is 12.0. The Morgan fingerprint density at radius 3 is 2.81 bits per heavy atom. The van der Waals surface area contributed by atoms with E-state index in [1.807, 2.05) is 11.8 Å². The minimum atomic E-state index is -0.0222. The van der Waals surface area contributed by atoms with Gasteiger partial charge in [-0.15, -0.1) is 0 Å². The molecule has 1 rings (SSSR count). The molecule has 0 aromatic heterocycles. The van der Waals surface area contributed by atoms with Crippen molar-refractivity contribution >= 4 is 11.8 Å². The van der Waals surface area contributed by atoms with Crippen molar-refractivity contribution in [2.45, 2.75) is 32.7 Å². The summed E-state index contributed by atoms with van der Waals surface area (Å²) >= 11 is 0. The van der Waals surface area contributed by atoms with Gasteiger partial charge in [-0.3, -0.25) is 9.59 Å². The highest BCUT2D eigenvalue weighted by molar-refractivity contribution is 5.78. The molecule has 0 radical (unpaired) electrons. The molecular formula is C11H21N3O2. The molecule has 5 nitrogen and oxygen atoms in total. The summed E-state index contributed by atoms with van der Waals surface area (Å²) in [6.07, 6.45) is 1.92. The van der Waals surface area contributed by atoms with Crippen LogP contribution in [0.25, 0.3) is 0 Å². The molecule has 1 heterocycles. The van der Waals surface area contributed by atoms with Crippen LogP contribution in [-0.2, 0) is 9.59 Å². The van der Waals surface area contributed by atoms with Gasteiger partial charge in [0.1, 0.15) is 0 Å². The van der Waals surface area contributed by atoms with Crippen molar-refractivity contribution in [1.29, 1.82) is 0 Å². The Bertz CT molecular complexity index is 256. The van der Waals surface area contributed by atoms with Gasteiger partial charge < -0.3 is 15.5 Å². The Morgan fingerprint density at radius 2 is 2.19 bits per heavy atom. The third-order valence-corrected chi connectivity index (χ3v) is 2.71. The van der Waals surface area contributed by atoms with E-state index in [2.05, 4.69) is 10.6 Å². The first-order valence-corrected chi connectivity index (χ1v) is 5.89. The monoisotopic (exact) mass is 227 g/mol. The van der Waals surface area contributed by atoms with E-state index in [-0.39, 0.29) is 17.9 Å². The first kappa shape index (κ1) is 13.0. The molecule has 0 bridgehead atoms. The van der Waals surface area contributed by atoms with E-state index in [0.29, 0.717) is 13.1 Å². The second-order valence-corrected chi connectivity index (χ2v) is 4.16. The second-order valence-electron chi connectivity index (χ2n) is 4.16. The summed E-state index contributed by atoms with van der Waals surface area (Å²) in [5, 5.41) is 5.89. The predicted molar refractivity (Wildman–Crippen MR) is 62.0 cm³/mol. The molecule has 1 aliphatic heterocycles. The summed E-state index contributed by atoms with van der Waals surface area (Å²) in [5.41, 5.74) is 0. The molecule has 1 aliphatic rings. The van der Waals surface area contributed by atoms with Gasteiger partial charge in [-0.1, -0.05) is 6.92 Å². The van der Waals surface area contributed by atoms with Gasteiger partial charge in [-0.2, -0.15) is 0 Å². The fraction of sp³-hybridized carbons (Fsp3) is 0.818. The summed E-state index contributed by atoms with van der Waals surface area (Å²) in [4.78, 5) is 24.5. The van der Waals surface area contributed by atoms with Crippen LogP contribution in [0.15, 0.2) is 0 Å². The number of carbonyl (C=O) groups is 2. The Kier molecular flexibility index (Phi) is 5.25. The normalized spacial score (nSPS) is 20.6. The van der Waals surface area contributed by atoms with Crippen LogP contribution in [0.2, 0.25) is 0 Å². The Hall–Kier alpha value is -1.10. The van der Waals surface area contributed by atoms with Crippen LogP contribution in [0, 0.1) is 0 Å². The van der Waals surface area contributed by atoms with Crippen molar-refractivity contribution in [3.63, 3.8) is 0 Å². The Morgan fingerprint density at radius 1 is 1.44 bits per heavy atom. The lowest BCUT2D eigenvalue weighted by molar-refractivity contribution is -0.132. The molecule has 0 aromatic rings. The van der Waals surface area contributed by atoms with Gasteiger partial charge in [-0.25, -0.2) is 0 Å². The maximum absolute atomic E-state index is 11.7. The highest BCUT2D eigenvalue weighted by atomic mass is 16.2. The summed E-state index contributed by atoms with van der Waals surface area (Å²) in [7, 11) is 0. The highest BCUT2D eigenvalue weighted by Gasteiger charge is 2.23. The molecule has 0 aliphatic carbocycles. The van der Waals surface area contributed by atoms with Crippen molar-refractivity contribution in [3.8, 4) is 0 Å². The number of hydrogen-bond acceptors (Lipinski definition) is 3. The fourth-order valence-corrected chi connectivity index (χ4v) is 1.95. The number of amides is 2. The van der Waals surface area contributed by atoms with E-state index in [4.69, 9.17) is 0 Å². The summed E-state index contributed by atoms with van der Waals surface area (Å²) in [6, 6.07) is 0.122. The van der Waals surface area contributed by atoms with Crippen LogP contribution in [0.4, 0.5) is 0 Å². The van der Waals surface area contributed by atoms with Crippen molar-refractivity contribution in [3.05, 3.63) is 0 Å². The number of nitrogens with zero attached hydrogens (tertiary/aromatic N) is 1. The Balaban J connectivity index is 2.37. The molecule has 1 fully saturated rings. The van der Waals surface area contributed by atoms with Crippen molar-refractivity contribution < 1.29 is 9.59 Å². The van der Waals surface area contributed by atoms with Gasteiger partial charge in [0.2, 0.25) is 11.8 Å². The van der Waals surface area contributed by atoms with Crippen molar-refractivity contribution in [2.75, 3.05) is 26.2 Å². The van der Waals surface area contributed by atoms with E-state index in [1.165, 1.54) is 6.92 Å². The van der Waals surface area contributed by atoms with Crippen LogP contribution in [0.5, 0.6) is 0 Å². The first-order chi connectivity index (χ1) is 7.63. The lowest BCUT2D eigenvalue weighted by atomic mass is 10.1. The van der Waals surface area contributed by atoms with E-state index in [0.717, 1.165) is 25.9 Å². The molecule has 0 saturated carbocycles. The molecule has 2 amide bonds. The molecule has 2 N–H and O–H groups in total. The number of hydrogen-bond donors (Lipinski definition) is 2. The van der Waals surface area contributed by atoms with E-state index >= 15 is 0 Å². The molecule has 16 heavy (non-hydrogen) atoms. The summed E-state index contributed by atoms with van der Waals surface area (Å²) in [5.74, 6) is 0.0999. The van der Waals surface area contributed by atoms with E-state index in [1.54, 1.807) is 0 Å². The summed E-state index contributed by atoms with van der Waals surface area (Å²) in [6.45, 7) is 6.13. The molecule has 1 atom stereocenters. The summed E-state index contributed by atoms with van der Waals surface area (Å²) < 4.78 is 0. The van der Waals surface area contributed by atoms with Crippen molar-refractivity contribution in [1.82, 2.24) is 15.5 Å². The van der Waals surface area contributed by atoms with Crippen LogP contribution >= 0.6 is 0 Å². The third kappa shape index (κ3) is 4.18. The van der Waals surface area contributed by atoms with E-state index < -0.39 is 0 Å². The average molecular weight is 227 g/mol. The zero-order valence-corrected chi connectivity index (χ0v) is 10.1. The number of carbonyl (C=O) groups excluding carboxylic acids is 2. The zero-order valence-electron chi connectivity index (χ0n) is 10.1. The lowest BCUT2D eigenvalue weighted by Crippen LogP contribution is -2.51. The number of likely N-dealkylation sites (N-methyl/N-ethyl adjacent to an activating group) is 1. The number of likely N-dealkylation sites (tertiary alicyclic amines) is 1. The van der Waals surface area contributed by atoms with Crippen molar-refractivity contribution in [2.24, 2.45) is 0 Å². The molecule has 0 spiro atoms. The van der Waals surface area contributed by atoms with Gasteiger partial charge in [0.15, 0.2) is 0 Å². The van der Waals surface area contributed by atoms with Gasteiger partial charge in [0.05, 0.1) is 6.54 Å². The highest BCUT2D eigenvalue weighted by Crippen LogP contribution is 2.09. The van der Waals surface area contributed by atoms with Crippen LogP contribution in [0.3, 0.4) is 0 Å². The smallest absolute Gasteiger partial charge is 0.236 e. The van der Waals surface area contributed by atoms with Gasteiger partial charge in [0.25, 0.3) is 0 Å².